The molecular formula is C14H16N6. The molecule has 6 heteroatoms. The van der Waals surface area contributed by atoms with Crippen LogP contribution in [0.1, 0.15) is 17.2 Å². The number of aryl methyl sites for hydroxylation is 3. The average molecular weight is 268 g/mol. The normalized spacial score (nSPS) is 10.8. The second-order valence-electron chi connectivity index (χ2n) is 4.63. The van der Waals surface area contributed by atoms with Gasteiger partial charge < -0.3 is 0 Å². The zero-order valence-electron chi connectivity index (χ0n) is 11.3. The molecule has 0 amide bonds. The van der Waals surface area contributed by atoms with E-state index in [2.05, 4.69) is 44.7 Å². The summed E-state index contributed by atoms with van der Waals surface area (Å²) in [5.74, 6) is 1.69. The first-order valence-electron chi connectivity index (χ1n) is 6.59. The van der Waals surface area contributed by atoms with Gasteiger partial charge in [-0.05, 0) is 18.9 Å². The van der Waals surface area contributed by atoms with E-state index in [1.54, 1.807) is 10.9 Å². The van der Waals surface area contributed by atoms with E-state index in [1.165, 1.54) is 5.56 Å². The minimum Gasteiger partial charge on any atom is -0.248 e. The molecule has 0 unspecified atom stereocenters. The maximum Gasteiger partial charge on any atom is 0.148 e. The summed E-state index contributed by atoms with van der Waals surface area (Å²) >= 11 is 0. The van der Waals surface area contributed by atoms with E-state index in [0.29, 0.717) is 6.54 Å². The lowest BCUT2D eigenvalue weighted by molar-refractivity contribution is 0.537. The van der Waals surface area contributed by atoms with Crippen LogP contribution in [-0.2, 0) is 19.5 Å². The van der Waals surface area contributed by atoms with E-state index in [4.69, 9.17) is 0 Å². The number of hydrogen-bond acceptors (Lipinski definition) is 4. The zero-order chi connectivity index (χ0) is 13.8. The van der Waals surface area contributed by atoms with Gasteiger partial charge in [0.1, 0.15) is 18.2 Å². The summed E-state index contributed by atoms with van der Waals surface area (Å²) in [6.45, 7) is 3.31. The van der Waals surface area contributed by atoms with Crippen LogP contribution in [0.15, 0.2) is 42.7 Å². The van der Waals surface area contributed by atoms with Crippen LogP contribution < -0.4 is 0 Å². The molecule has 3 rings (SSSR count). The van der Waals surface area contributed by atoms with Gasteiger partial charge in [0.15, 0.2) is 0 Å². The van der Waals surface area contributed by atoms with Crippen LogP contribution in [0.3, 0.4) is 0 Å². The van der Waals surface area contributed by atoms with Gasteiger partial charge in [-0.3, -0.25) is 0 Å². The van der Waals surface area contributed by atoms with Gasteiger partial charge in [0.05, 0.1) is 6.20 Å². The minimum absolute atomic E-state index is 0.593. The fraction of sp³-hybridized carbons (Fsp3) is 0.286. The Bertz CT molecular complexity index is 656. The Morgan fingerprint density at radius 3 is 2.75 bits per heavy atom. The van der Waals surface area contributed by atoms with Crippen molar-refractivity contribution in [1.29, 1.82) is 0 Å². The van der Waals surface area contributed by atoms with Gasteiger partial charge in [0.2, 0.25) is 0 Å². The molecule has 0 aliphatic carbocycles. The van der Waals surface area contributed by atoms with Crippen molar-refractivity contribution in [3.63, 3.8) is 0 Å². The Hall–Kier alpha value is -2.50. The highest BCUT2D eigenvalue weighted by Crippen LogP contribution is 2.05. The van der Waals surface area contributed by atoms with E-state index in [0.717, 1.165) is 24.6 Å². The van der Waals surface area contributed by atoms with Gasteiger partial charge in [-0.2, -0.15) is 5.10 Å². The third-order valence-electron chi connectivity index (χ3n) is 3.08. The highest BCUT2D eigenvalue weighted by Gasteiger charge is 2.08. The molecule has 1 aromatic carbocycles. The van der Waals surface area contributed by atoms with Crippen LogP contribution in [0.4, 0.5) is 0 Å². The lowest BCUT2D eigenvalue weighted by Gasteiger charge is -2.06. The second-order valence-corrected chi connectivity index (χ2v) is 4.63. The van der Waals surface area contributed by atoms with Gasteiger partial charge in [0, 0.05) is 12.7 Å². The van der Waals surface area contributed by atoms with Crippen molar-refractivity contribution in [2.75, 3.05) is 0 Å². The molecule has 3 aromatic rings. The Morgan fingerprint density at radius 1 is 1.15 bits per heavy atom. The monoisotopic (exact) mass is 268 g/mol. The molecule has 0 aliphatic rings. The largest absolute Gasteiger partial charge is 0.248 e. The maximum absolute atomic E-state index is 4.46. The van der Waals surface area contributed by atoms with Gasteiger partial charge in [-0.25, -0.2) is 14.3 Å². The molecule has 0 saturated heterocycles. The topological polar surface area (TPSA) is 61.4 Å². The van der Waals surface area contributed by atoms with E-state index < -0.39 is 0 Å². The molecule has 2 heterocycles. The molecule has 0 saturated carbocycles. The van der Waals surface area contributed by atoms with Crippen LogP contribution in [0.5, 0.6) is 0 Å². The smallest absolute Gasteiger partial charge is 0.148 e. The van der Waals surface area contributed by atoms with E-state index in [-0.39, 0.29) is 0 Å². The van der Waals surface area contributed by atoms with Crippen molar-refractivity contribution in [3.8, 4) is 0 Å². The lowest BCUT2D eigenvalue weighted by Crippen LogP contribution is -2.12. The number of benzene rings is 1. The summed E-state index contributed by atoms with van der Waals surface area (Å²) in [5.41, 5.74) is 1.30. The molecular weight excluding hydrogens is 252 g/mol. The summed E-state index contributed by atoms with van der Waals surface area (Å²) in [7, 11) is 0. The molecule has 0 aliphatic heterocycles. The van der Waals surface area contributed by atoms with Crippen LogP contribution in [0, 0.1) is 6.92 Å². The molecule has 0 N–H and O–H groups in total. The van der Waals surface area contributed by atoms with Crippen LogP contribution >= 0.6 is 0 Å². The highest BCUT2D eigenvalue weighted by atomic mass is 15.4. The number of nitrogens with zero attached hydrogens (tertiary/aromatic N) is 6. The molecule has 0 bridgehead atoms. The predicted molar refractivity (Wildman–Crippen MR) is 74.0 cm³/mol. The minimum atomic E-state index is 0.593. The Balaban J connectivity index is 1.72. The van der Waals surface area contributed by atoms with Crippen molar-refractivity contribution in [3.05, 3.63) is 59.9 Å². The number of aromatic nitrogens is 6. The first kappa shape index (κ1) is 12.5. The Morgan fingerprint density at radius 2 is 2.00 bits per heavy atom. The zero-order valence-corrected chi connectivity index (χ0v) is 11.3. The summed E-state index contributed by atoms with van der Waals surface area (Å²) in [5, 5.41) is 12.2. The first-order chi connectivity index (χ1) is 9.81. The fourth-order valence-electron chi connectivity index (χ4n) is 2.14. The van der Waals surface area contributed by atoms with E-state index >= 15 is 0 Å². The van der Waals surface area contributed by atoms with Crippen LogP contribution in [0.25, 0.3) is 0 Å². The van der Waals surface area contributed by atoms with Crippen molar-refractivity contribution in [1.82, 2.24) is 29.8 Å². The van der Waals surface area contributed by atoms with Crippen molar-refractivity contribution in [2.45, 2.75) is 26.4 Å². The first-order valence-corrected chi connectivity index (χ1v) is 6.59. The summed E-state index contributed by atoms with van der Waals surface area (Å²) in [6.07, 6.45) is 4.43. The van der Waals surface area contributed by atoms with Gasteiger partial charge in [-0.1, -0.05) is 35.5 Å². The van der Waals surface area contributed by atoms with Crippen molar-refractivity contribution < 1.29 is 0 Å². The maximum atomic E-state index is 4.46. The molecule has 0 atom stereocenters. The predicted octanol–water partition coefficient (Wildman–Crippen LogP) is 1.47. The summed E-state index contributed by atoms with van der Waals surface area (Å²) < 4.78 is 3.70. The summed E-state index contributed by atoms with van der Waals surface area (Å²) in [4.78, 5) is 4.46. The van der Waals surface area contributed by atoms with Crippen molar-refractivity contribution >= 4 is 0 Å². The Kier molecular flexibility index (Phi) is 3.54. The summed E-state index contributed by atoms with van der Waals surface area (Å²) in [6, 6.07) is 10.4. The fourth-order valence-corrected chi connectivity index (χ4v) is 2.14. The van der Waals surface area contributed by atoms with E-state index in [1.807, 2.05) is 23.9 Å². The highest BCUT2D eigenvalue weighted by molar-refractivity contribution is 5.14. The van der Waals surface area contributed by atoms with Gasteiger partial charge in [0.25, 0.3) is 0 Å². The SMILES string of the molecule is Cc1nc(Cn2ccnn2)n(CCc2ccccc2)n1. The molecule has 6 nitrogen and oxygen atoms in total. The average Bonchev–Trinajstić information content (AvgIpc) is 3.08. The standard InChI is InChI=1S/C14H16N6/c1-12-16-14(11-19-10-8-15-18-19)20(17-12)9-7-13-5-3-2-4-6-13/h2-6,8,10H,7,9,11H2,1H3. The second kappa shape index (κ2) is 5.64. The molecule has 0 fully saturated rings. The number of rotatable bonds is 5. The third kappa shape index (κ3) is 2.90. The van der Waals surface area contributed by atoms with Crippen LogP contribution in [0.2, 0.25) is 0 Å². The van der Waals surface area contributed by atoms with E-state index in [9.17, 15) is 0 Å². The van der Waals surface area contributed by atoms with Crippen LogP contribution in [-0.4, -0.2) is 29.8 Å². The molecule has 2 aromatic heterocycles. The molecule has 102 valence electrons. The molecule has 0 radical (unpaired) electrons. The lowest BCUT2D eigenvalue weighted by atomic mass is 10.1. The van der Waals surface area contributed by atoms with Gasteiger partial charge in [-0.15, -0.1) is 5.10 Å². The Labute approximate surface area is 117 Å². The quantitative estimate of drug-likeness (QED) is 0.703. The van der Waals surface area contributed by atoms with Crippen molar-refractivity contribution in [2.24, 2.45) is 0 Å². The molecule has 20 heavy (non-hydrogen) atoms. The number of hydrogen-bond donors (Lipinski definition) is 0. The van der Waals surface area contributed by atoms with Gasteiger partial charge >= 0.3 is 0 Å². The third-order valence-corrected chi connectivity index (χ3v) is 3.08. The molecule has 0 spiro atoms.